The summed E-state index contributed by atoms with van der Waals surface area (Å²) in [7, 11) is 0. The molecule has 0 saturated carbocycles. The minimum absolute atomic E-state index is 0.0400. The van der Waals surface area contributed by atoms with Crippen LogP contribution in [0.2, 0.25) is 0 Å². The molecule has 0 radical (unpaired) electrons. The van der Waals surface area contributed by atoms with Crippen LogP contribution in [0, 0.1) is 0 Å². The number of ketones is 1. The van der Waals surface area contributed by atoms with Crippen molar-refractivity contribution in [2.24, 2.45) is 0 Å². The van der Waals surface area contributed by atoms with Gasteiger partial charge in [0.1, 0.15) is 0 Å². The summed E-state index contributed by atoms with van der Waals surface area (Å²) in [5.41, 5.74) is 2.08. The second kappa shape index (κ2) is 15.9. The number of carboxylic acid groups (broad SMARTS) is 1. The van der Waals surface area contributed by atoms with Gasteiger partial charge in [0.05, 0.1) is 23.3 Å². The fourth-order valence-electron chi connectivity index (χ4n) is 3.87. The molecule has 6 heteroatoms. The van der Waals surface area contributed by atoms with Gasteiger partial charge in [0.2, 0.25) is 0 Å². The molecule has 0 spiro atoms. The number of hydrogen-bond acceptors (Lipinski definition) is 5. The summed E-state index contributed by atoms with van der Waals surface area (Å²) in [6.07, 6.45) is 4.51. The number of carbonyl (C=O) groups is 3. The molecule has 6 nitrogen and oxygen atoms in total. The number of hydrogen-bond donors (Lipinski definition) is 1. The van der Waals surface area contributed by atoms with E-state index < -0.39 is 5.97 Å². The quantitative estimate of drug-likeness (QED) is 0.165. The molecule has 0 aliphatic rings. The van der Waals surface area contributed by atoms with E-state index in [1.54, 1.807) is 48.5 Å². The Morgan fingerprint density at radius 2 is 1.32 bits per heavy atom. The second-order valence-electron chi connectivity index (χ2n) is 8.43. The summed E-state index contributed by atoms with van der Waals surface area (Å²) >= 11 is 0. The summed E-state index contributed by atoms with van der Waals surface area (Å²) in [6.45, 7) is 8.06. The van der Waals surface area contributed by atoms with E-state index in [1.807, 2.05) is 43.0 Å². The first kappa shape index (κ1) is 29.3. The zero-order valence-corrected chi connectivity index (χ0v) is 22.0. The zero-order chi connectivity index (χ0) is 27.0. The number of nitrogens with zero attached hydrogens (tertiary/aromatic N) is 1. The molecule has 0 heterocycles. The van der Waals surface area contributed by atoms with Crippen LogP contribution in [0.25, 0.3) is 0 Å². The first-order valence-electron chi connectivity index (χ1n) is 12.9. The lowest BCUT2D eigenvalue weighted by Crippen LogP contribution is -2.25. The highest BCUT2D eigenvalue weighted by molar-refractivity contribution is 6.17. The van der Waals surface area contributed by atoms with Crippen LogP contribution in [0.15, 0.2) is 78.9 Å². The van der Waals surface area contributed by atoms with E-state index in [0.29, 0.717) is 36.5 Å². The van der Waals surface area contributed by atoms with Crippen LogP contribution in [-0.4, -0.2) is 42.5 Å². The molecular formula is C31H37NO5. The highest BCUT2D eigenvalue weighted by atomic mass is 16.5. The lowest BCUT2D eigenvalue weighted by molar-refractivity contribution is 0.0497. The van der Waals surface area contributed by atoms with Crippen LogP contribution < -0.4 is 4.90 Å². The number of unbranched alkanes of at least 4 members (excludes halogenated alkanes) is 3. The van der Waals surface area contributed by atoms with Crippen molar-refractivity contribution in [2.75, 3.05) is 24.6 Å². The van der Waals surface area contributed by atoms with Gasteiger partial charge in [-0.2, -0.15) is 0 Å². The summed E-state index contributed by atoms with van der Waals surface area (Å²) in [4.78, 5) is 37.8. The van der Waals surface area contributed by atoms with E-state index >= 15 is 0 Å². The number of esters is 1. The van der Waals surface area contributed by atoms with Gasteiger partial charge in [0, 0.05) is 24.3 Å². The molecule has 3 aromatic rings. The Morgan fingerprint density at radius 1 is 0.730 bits per heavy atom. The van der Waals surface area contributed by atoms with Gasteiger partial charge in [-0.05, 0) is 44.5 Å². The van der Waals surface area contributed by atoms with Crippen molar-refractivity contribution in [3.8, 4) is 0 Å². The van der Waals surface area contributed by atoms with E-state index in [2.05, 4.69) is 6.92 Å². The summed E-state index contributed by atoms with van der Waals surface area (Å²) in [5, 5.41) is 9.44. The van der Waals surface area contributed by atoms with Crippen molar-refractivity contribution in [1.29, 1.82) is 0 Å². The fourth-order valence-corrected chi connectivity index (χ4v) is 3.87. The maximum atomic E-state index is 12.8. The molecule has 0 fully saturated rings. The van der Waals surface area contributed by atoms with Crippen LogP contribution >= 0.6 is 0 Å². The monoisotopic (exact) mass is 503 g/mol. The number of ether oxygens (including phenoxy) is 1. The van der Waals surface area contributed by atoms with Crippen LogP contribution in [0.3, 0.4) is 0 Å². The van der Waals surface area contributed by atoms with Gasteiger partial charge in [-0.15, -0.1) is 0 Å². The lowest BCUT2D eigenvalue weighted by Gasteiger charge is -2.24. The van der Waals surface area contributed by atoms with Crippen molar-refractivity contribution < 1.29 is 24.2 Å². The number of anilines is 1. The van der Waals surface area contributed by atoms with Gasteiger partial charge < -0.3 is 14.7 Å². The van der Waals surface area contributed by atoms with Gasteiger partial charge in [0.25, 0.3) is 0 Å². The number of carboxylic acids is 1. The predicted molar refractivity (Wildman–Crippen MR) is 148 cm³/mol. The standard InChI is InChI=1S/C18H19NO3.C13H18O2/c1-3-19(4-2)15-12-8-11-14(18(21)22)16(15)17(20)13-9-6-5-7-10-13;1-2-3-4-8-11-15-13(14)12-9-6-5-7-10-12/h5-12H,3-4H2,1-2H3,(H,21,22);5-7,9-10H,2-4,8,11H2,1H3. The van der Waals surface area contributed by atoms with Crippen molar-refractivity contribution >= 4 is 23.4 Å². The largest absolute Gasteiger partial charge is 0.478 e. The van der Waals surface area contributed by atoms with Gasteiger partial charge in [-0.3, -0.25) is 4.79 Å². The average Bonchev–Trinajstić information content (AvgIpc) is 2.94. The van der Waals surface area contributed by atoms with E-state index in [0.717, 1.165) is 12.8 Å². The summed E-state index contributed by atoms with van der Waals surface area (Å²) < 4.78 is 5.14. The van der Waals surface area contributed by atoms with Gasteiger partial charge >= 0.3 is 11.9 Å². The first-order chi connectivity index (χ1) is 17.9. The molecule has 0 aliphatic carbocycles. The van der Waals surface area contributed by atoms with Crippen molar-refractivity contribution in [3.05, 3.63) is 101 Å². The Bertz CT molecular complexity index is 1120. The summed E-state index contributed by atoms with van der Waals surface area (Å²) in [5.74, 6) is -1.57. The fraction of sp³-hybridized carbons (Fsp3) is 0.323. The van der Waals surface area contributed by atoms with Gasteiger partial charge in [0.15, 0.2) is 5.78 Å². The predicted octanol–water partition coefficient (Wildman–Crippen LogP) is 6.89. The Balaban J connectivity index is 0.000000281. The number of carbonyl (C=O) groups excluding carboxylic acids is 2. The maximum absolute atomic E-state index is 12.8. The van der Waals surface area contributed by atoms with Crippen LogP contribution in [0.4, 0.5) is 5.69 Å². The molecular weight excluding hydrogens is 466 g/mol. The molecule has 0 aromatic heterocycles. The van der Waals surface area contributed by atoms with Crippen LogP contribution in [-0.2, 0) is 4.74 Å². The smallest absolute Gasteiger partial charge is 0.338 e. The third-order valence-electron chi connectivity index (χ3n) is 5.88. The second-order valence-corrected chi connectivity index (χ2v) is 8.43. The minimum atomic E-state index is -1.09. The highest BCUT2D eigenvalue weighted by Crippen LogP contribution is 2.27. The topological polar surface area (TPSA) is 83.9 Å². The van der Waals surface area contributed by atoms with Gasteiger partial charge in [-0.25, -0.2) is 9.59 Å². The Morgan fingerprint density at radius 3 is 1.86 bits per heavy atom. The van der Waals surface area contributed by atoms with Crippen molar-refractivity contribution in [2.45, 2.75) is 46.5 Å². The minimum Gasteiger partial charge on any atom is -0.478 e. The maximum Gasteiger partial charge on any atom is 0.338 e. The molecule has 1 N–H and O–H groups in total. The zero-order valence-electron chi connectivity index (χ0n) is 22.0. The van der Waals surface area contributed by atoms with Crippen LogP contribution in [0.5, 0.6) is 0 Å². The van der Waals surface area contributed by atoms with E-state index in [9.17, 15) is 19.5 Å². The molecule has 0 saturated heterocycles. The Labute approximate surface area is 219 Å². The average molecular weight is 504 g/mol. The SMILES string of the molecule is CCCCCCOC(=O)c1ccccc1.CCN(CC)c1cccc(C(=O)O)c1C(=O)c1ccccc1. The van der Waals surface area contributed by atoms with E-state index in [4.69, 9.17) is 4.74 Å². The van der Waals surface area contributed by atoms with Crippen LogP contribution in [0.1, 0.15) is 83.1 Å². The number of benzene rings is 3. The third-order valence-corrected chi connectivity index (χ3v) is 5.88. The van der Waals surface area contributed by atoms with Crippen molar-refractivity contribution in [3.63, 3.8) is 0 Å². The molecule has 0 bridgehead atoms. The number of aromatic carboxylic acids is 1. The molecule has 0 aliphatic heterocycles. The molecule has 196 valence electrons. The summed E-state index contributed by atoms with van der Waals surface area (Å²) in [6, 6.07) is 22.8. The molecule has 0 amide bonds. The third kappa shape index (κ3) is 8.90. The van der Waals surface area contributed by atoms with E-state index in [-0.39, 0.29) is 22.9 Å². The van der Waals surface area contributed by atoms with E-state index in [1.165, 1.54) is 18.9 Å². The Kier molecular flexibility index (Phi) is 12.6. The first-order valence-corrected chi connectivity index (χ1v) is 12.9. The lowest BCUT2D eigenvalue weighted by atomic mass is 9.95. The Hall–Kier alpha value is -3.93. The van der Waals surface area contributed by atoms with Crippen molar-refractivity contribution in [1.82, 2.24) is 0 Å². The molecule has 3 aromatic carbocycles. The highest BCUT2D eigenvalue weighted by Gasteiger charge is 2.23. The molecule has 0 unspecified atom stereocenters. The molecule has 3 rings (SSSR count). The number of rotatable bonds is 12. The molecule has 0 atom stereocenters. The molecule has 37 heavy (non-hydrogen) atoms. The van der Waals surface area contributed by atoms with Gasteiger partial charge in [-0.1, -0.05) is 80.8 Å². The normalized spacial score (nSPS) is 10.1.